The monoisotopic (exact) mass is 724 g/mol. The second-order valence-corrected chi connectivity index (χ2v) is 14.9. The number of piperidine rings is 1. The molecule has 3 heterocycles. The van der Waals surface area contributed by atoms with Crippen molar-refractivity contribution in [1.82, 2.24) is 9.80 Å². The fourth-order valence-corrected chi connectivity index (χ4v) is 9.58. The van der Waals surface area contributed by atoms with Crippen molar-refractivity contribution in [3.05, 3.63) is 95.1 Å². The average molecular weight is 725 g/mol. The highest BCUT2D eigenvalue weighted by atomic mass is 16.5. The molecule has 2 saturated carbocycles. The standard InChI is InChI=1S/C36H34N2O5.C4H6O6/c39-26-14-13-24-19-27-36(42)16-15-25(32-35(36,30(24)31(26)43-32)17-18-37(27)20-21-11-12-21)38-33(40)28(22-7-3-1-4-8-22)29(34(38)41)23-9-5-2-6-10-23;5-1(3(7)8)2(6)4(9)10/h1-10,13-14,21,25,27,32,39,42H,11-12,15-20H2;1-2,5-6H,(H,7,8)(H,9,10)/t25-,27-,32+,35+,36?;/m1./s1. The topological polar surface area (TPSA) is 205 Å². The number of aromatic hydroxyl groups is 1. The van der Waals surface area contributed by atoms with Crippen LogP contribution in [-0.2, 0) is 31.0 Å². The zero-order valence-electron chi connectivity index (χ0n) is 28.7. The van der Waals surface area contributed by atoms with Gasteiger partial charge in [-0.25, -0.2) is 9.59 Å². The largest absolute Gasteiger partial charge is 0.504 e. The predicted molar refractivity (Wildman–Crippen MR) is 187 cm³/mol. The van der Waals surface area contributed by atoms with Gasteiger partial charge in [-0.05, 0) is 73.7 Å². The molecule has 9 rings (SSSR count). The summed E-state index contributed by atoms with van der Waals surface area (Å²) < 4.78 is 6.71. The highest BCUT2D eigenvalue weighted by Crippen LogP contribution is 2.66. The van der Waals surface area contributed by atoms with Crippen LogP contribution in [0, 0.1) is 5.92 Å². The first-order valence-corrected chi connectivity index (χ1v) is 17.9. The Labute approximate surface area is 304 Å². The number of phenols is 1. The van der Waals surface area contributed by atoms with Gasteiger partial charge in [0.1, 0.15) is 6.10 Å². The molecule has 3 unspecified atom stereocenters. The Morgan fingerprint density at radius 3 is 1.91 bits per heavy atom. The molecule has 3 aromatic rings. The molecule has 6 N–H and O–H groups in total. The number of aliphatic carboxylic acids is 2. The van der Waals surface area contributed by atoms with Crippen LogP contribution in [0.15, 0.2) is 72.8 Å². The van der Waals surface area contributed by atoms with E-state index in [1.165, 1.54) is 17.7 Å². The van der Waals surface area contributed by atoms with E-state index in [0.29, 0.717) is 59.6 Å². The van der Waals surface area contributed by atoms with Crippen molar-refractivity contribution in [1.29, 1.82) is 0 Å². The summed E-state index contributed by atoms with van der Waals surface area (Å²) in [5, 5.41) is 56.4. The van der Waals surface area contributed by atoms with Crippen molar-refractivity contribution in [2.24, 2.45) is 5.92 Å². The number of phenolic OH excluding ortho intramolecular Hbond substituents is 1. The van der Waals surface area contributed by atoms with Crippen LogP contribution in [0.3, 0.4) is 0 Å². The number of rotatable bonds is 8. The van der Waals surface area contributed by atoms with Gasteiger partial charge in [-0.3, -0.25) is 19.4 Å². The average Bonchev–Trinajstić information content (AvgIpc) is 3.84. The summed E-state index contributed by atoms with van der Waals surface area (Å²) in [6.45, 7) is 1.81. The number of hydrogen-bond donors (Lipinski definition) is 6. The molecule has 0 radical (unpaired) electrons. The van der Waals surface area contributed by atoms with Crippen molar-refractivity contribution in [3.63, 3.8) is 0 Å². The van der Waals surface area contributed by atoms with Gasteiger partial charge in [0.2, 0.25) is 0 Å². The van der Waals surface area contributed by atoms with E-state index in [9.17, 15) is 29.4 Å². The summed E-state index contributed by atoms with van der Waals surface area (Å²) in [5.41, 5.74) is 2.29. The quantitative estimate of drug-likeness (QED) is 0.185. The van der Waals surface area contributed by atoms with Crippen LogP contribution in [-0.4, -0.2) is 113 Å². The summed E-state index contributed by atoms with van der Waals surface area (Å²) in [5.74, 6) is -3.03. The van der Waals surface area contributed by atoms with Gasteiger partial charge in [-0.15, -0.1) is 0 Å². The first kappa shape index (κ1) is 35.0. The summed E-state index contributed by atoms with van der Waals surface area (Å²) in [6.07, 6.45) is -0.455. The number of carboxylic acids is 2. The maximum Gasteiger partial charge on any atom is 0.335 e. The van der Waals surface area contributed by atoms with Gasteiger partial charge in [0.05, 0.1) is 28.2 Å². The molecule has 276 valence electrons. The van der Waals surface area contributed by atoms with Crippen LogP contribution >= 0.6 is 0 Å². The van der Waals surface area contributed by atoms with E-state index in [4.69, 9.17) is 25.2 Å². The minimum atomic E-state index is -2.27. The van der Waals surface area contributed by atoms with Gasteiger partial charge in [0, 0.05) is 18.2 Å². The van der Waals surface area contributed by atoms with E-state index in [1.807, 2.05) is 66.7 Å². The molecule has 53 heavy (non-hydrogen) atoms. The van der Waals surface area contributed by atoms with E-state index in [2.05, 4.69) is 4.90 Å². The SMILES string of the molecule is O=C(O)C(O)C(O)C(=O)O.O=C1C(c2ccccc2)=C(c2ccccc2)C(=O)N1[C@@H]1CCC2(O)[C@H]3Cc4ccc(O)c5c4[C@@]2(CCN3CC2CC2)[C@H]1O5. The molecule has 6 aliphatic rings. The van der Waals surface area contributed by atoms with Gasteiger partial charge in [-0.1, -0.05) is 66.7 Å². The Bertz CT molecular complexity index is 1950. The molecule has 2 amide bonds. The maximum atomic E-state index is 14.5. The Hall–Kier alpha value is -5.08. The van der Waals surface area contributed by atoms with E-state index in [0.717, 1.165) is 24.2 Å². The zero-order valence-corrected chi connectivity index (χ0v) is 28.7. The molecule has 1 saturated heterocycles. The van der Waals surface area contributed by atoms with Gasteiger partial charge < -0.3 is 35.4 Å². The van der Waals surface area contributed by atoms with Gasteiger partial charge >= 0.3 is 11.9 Å². The fraction of sp³-hybridized carbons (Fsp3) is 0.400. The Morgan fingerprint density at radius 1 is 0.811 bits per heavy atom. The molecular formula is C40H40N2O11. The third-order valence-corrected chi connectivity index (χ3v) is 12.1. The third-order valence-electron chi connectivity index (χ3n) is 12.1. The number of benzene rings is 3. The lowest BCUT2D eigenvalue weighted by Gasteiger charge is -2.64. The van der Waals surface area contributed by atoms with Crippen molar-refractivity contribution in [2.45, 2.75) is 79.9 Å². The first-order valence-electron chi connectivity index (χ1n) is 17.9. The van der Waals surface area contributed by atoms with E-state index in [1.54, 1.807) is 6.07 Å². The number of likely N-dealkylation sites (tertiary alicyclic amines) is 1. The third kappa shape index (κ3) is 5.28. The predicted octanol–water partition coefficient (Wildman–Crippen LogP) is 2.18. The molecule has 3 aliphatic heterocycles. The highest BCUT2D eigenvalue weighted by Gasteiger charge is 2.74. The molecule has 13 nitrogen and oxygen atoms in total. The molecule has 3 aromatic carbocycles. The van der Waals surface area contributed by atoms with Crippen LogP contribution in [0.5, 0.6) is 11.5 Å². The number of carboxylic acid groups (broad SMARTS) is 2. The number of carbonyl (C=O) groups is 4. The van der Waals surface area contributed by atoms with Crippen molar-refractivity contribution >= 4 is 34.9 Å². The van der Waals surface area contributed by atoms with Crippen LogP contribution in [0.2, 0.25) is 0 Å². The lowest BCUT2D eigenvalue weighted by Crippen LogP contribution is -2.78. The van der Waals surface area contributed by atoms with E-state index in [-0.39, 0.29) is 23.6 Å². The van der Waals surface area contributed by atoms with Crippen LogP contribution < -0.4 is 4.74 Å². The van der Waals surface area contributed by atoms with E-state index >= 15 is 0 Å². The number of ether oxygens (including phenoxy) is 1. The molecule has 7 atom stereocenters. The summed E-state index contributed by atoms with van der Waals surface area (Å²) in [7, 11) is 0. The molecular weight excluding hydrogens is 684 g/mol. The number of aliphatic hydroxyl groups is 3. The molecule has 13 heteroatoms. The molecule has 3 aliphatic carbocycles. The molecule has 2 bridgehead atoms. The number of carbonyl (C=O) groups excluding carboxylic acids is 2. The van der Waals surface area contributed by atoms with Crippen molar-refractivity contribution in [2.75, 3.05) is 13.1 Å². The van der Waals surface area contributed by atoms with Crippen LogP contribution in [0.25, 0.3) is 11.1 Å². The van der Waals surface area contributed by atoms with Gasteiger partial charge in [0.25, 0.3) is 11.8 Å². The normalized spacial score (nSPS) is 29.5. The van der Waals surface area contributed by atoms with Crippen molar-refractivity contribution < 1.29 is 54.6 Å². The summed E-state index contributed by atoms with van der Waals surface area (Å²) in [6, 6.07) is 21.8. The Kier molecular flexibility index (Phi) is 8.45. The Balaban J connectivity index is 0.000000354. The second kappa shape index (κ2) is 12.8. The van der Waals surface area contributed by atoms with Crippen LogP contribution in [0.1, 0.15) is 54.4 Å². The number of aliphatic hydroxyl groups excluding tert-OH is 2. The zero-order chi connectivity index (χ0) is 37.4. The second-order valence-electron chi connectivity index (χ2n) is 14.9. The molecule has 0 aromatic heterocycles. The smallest absolute Gasteiger partial charge is 0.335 e. The van der Waals surface area contributed by atoms with Crippen LogP contribution in [0.4, 0.5) is 0 Å². The minimum Gasteiger partial charge on any atom is -0.504 e. The fourth-order valence-electron chi connectivity index (χ4n) is 9.58. The minimum absolute atomic E-state index is 0.0506. The van der Waals surface area contributed by atoms with E-state index < -0.39 is 47.3 Å². The number of hydrogen-bond acceptors (Lipinski definition) is 10. The lowest BCUT2D eigenvalue weighted by molar-refractivity contribution is -0.201. The maximum absolute atomic E-state index is 14.5. The summed E-state index contributed by atoms with van der Waals surface area (Å²) in [4.78, 5) is 52.4. The Morgan fingerprint density at radius 2 is 1.38 bits per heavy atom. The number of amides is 2. The van der Waals surface area contributed by atoms with Gasteiger partial charge in [-0.2, -0.15) is 0 Å². The highest BCUT2D eigenvalue weighted by molar-refractivity contribution is 6.49. The number of nitrogens with zero attached hydrogens (tertiary/aromatic N) is 2. The summed E-state index contributed by atoms with van der Waals surface area (Å²) >= 11 is 0. The van der Waals surface area contributed by atoms with Crippen molar-refractivity contribution in [3.8, 4) is 11.5 Å². The molecule has 3 fully saturated rings. The number of imide groups is 1. The first-order chi connectivity index (χ1) is 25.4. The lowest BCUT2D eigenvalue weighted by atomic mass is 9.48. The van der Waals surface area contributed by atoms with Gasteiger partial charge in [0.15, 0.2) is 23.7 Å². The molecule has 1 spiro atoms.